The Hall–Kier alpha value is -2.14. The second-order valence-electron chi connectivity index (χ2n) is 4.15. The Bertz CT molecular complexity index is 466. The van der Waals surface area contributed by atoms with Crippen molar-refractivity contribution in [3.63, 3.8) is 0 Å². The average Bonchev–Trinajstić information content (AvgIpc) is 2.28. The molecule has 5 nitrogen and oxygen atoms in total. The molecule has 1 amide bonds. The van der Waals surface area contributed by atoms with Crippen molar-refractivity contribution < 1.29 is 4.79 Å². The Morgan fingerprint density at radius 1 is 1.50 bits per heavy atom. The smallest absolute Gasteiger partial charge is 0.248 e. The molecular formula is C13H18N4O. The van der Waals surface area contributed by atoms with E-state index in [0.29, 0.717) is 17.8 Å². The van der Waals surface area contributed by atoms with Gasteiger partial charge < -0.3 is 16.0 Å². The molecule has 0 bridgehead atoms. The standard InChI is InChI=1S/C13H18N4O/c1-17(2)8-4-7-12(18)16-11-6-3-5-10(9-11)13(14)15/h3-7,9H,8H2,1-2H3,(H3,14,15)(H,16,18)/b7-4+. The molecule has 18 heavy (non-hydrogen) atoms. The van der Waals surface area contributed by atoms with Crippen molar-refractivity contribution in [1.29, 1.82) is 5.41 Å². The Morgan fingerprint density at radius 3 is 2.83 bits per heavy atom. The van der Waals surface area contributed by atoms with Gasteiger partial charge in [-0.25, -0.2) is 0 Å². The molecule has 0 fully saturated rings. The van der Waals surface area contributed by atoms with Crippen molar-refractivity contribution >= 4 is 17.4 Å². The van der Waals surface area contributed by atoms with Gasteiger partial charge in [-0.1, -0.05) is 18.2 Å². The van der Waals surface area contributed by atoms with E-state index in [1.807, 2.05) is 19.0 Å². The zero-order valence-corrected chi connectivity index (χ0v) is 10.6. The van der Waals surface area contributed by atoms with Crippen LogP contribution in [-0.4, -0.2) is 37.3 Å². The van der Waals surface area contributed by atoms with E-state index in [1.165, 1.54) is 6.08 Å². The Labute approximate surface area is 107 Å². The number of nitrogens with one attached hydrogen (secondary N) is 2. The summed E-state index contributed by atoms with van der Waals surface area (Å²) in [5.74, 6) is -0.216. The van der Waals surface area contributed by atoms with Crippen LogP contribution < -0.4 is 11.1 Å². The molecule has 96 valence electrons. The molecule has 0 aliphatic heterocycles. The van der Waals surface area contributed by atoms with Gasteiger partial charge in [-0.05, 0) is 26.2 Å². The topological polar surface area (TPSA) is 82.2 Å². The number of nitrogen functional groups attached to an aromatic ring is 1. The molecular weight excluding hydrogens is 228 g/mol. The van der Waals surface area contributed by atoms with Gasteiger partial charge in [0.2, 0.25) is 5.91 Å². The van der Waals surface area contributed by atoms with E-state index in [-0.39, 0.29) is 11.7 Å². The Kier molecular flexibility index (Phi) is 5.07. The van der Waals surface area contributed by atoms with Gasteiger partial charge in [0.1, 0.15) is 5.84 Å². The molecule has 0 aromatic heterocycles. The summed E-state index contributed by atoms with van der Waals surface area (Å²) in [4.78, 5) is 13.5. The van der Waals surface area contributed by atoms with Crippen LogP contribution >= 0.6 is 0 Å². The fourth-order valence-electron chi connectivity index (χ4n) is 1.32. The number of carbonyl (C=O) groups is 1. The number of likely N-dealkylation sites (N-methyl/N-ethyl adjacent to an activating group) is 1. The summed E-state index contributed by atoms with van der Waals surface area (Å²) in [6.45, 7) is 0.709. The SMILES string of the molecule is CN(C)C/C=C/C(=O)Nc1cccc(C(=N)N)c1. The molecule has 0 spiro atoms. The van der Waals surface area contributed by atoms with Gasteiger partial charge in [-0.3, -0.25) is 10.2 Å². The van der Waals surface area contributed by atoms with Crippen LogP contribution in [0.4, 0.5) is 5.69 Å². The largest absolute Gasteiger partial charge is 0.384 e. The summed E-state index contributed by atoms with van der Waals surface area (Å²) < 4.78 is 0. The van der Waals surface area contributed by atoms with E-state index < -0.39 is 0 Å². The number of benzene rings is 1. The van der Waals surface area contributed by atoms with Gasteiger partial charge in [0, 0.05) is 23.9 Å². The highest BCUT2D eigenvalue weighted by atomic mass is 16.1. The third-order valence-corrected chi connectivity index (χ3v) is 2.18. The molecule has 0 aliphatic rings. The summed E-state index contributed by atoms with van der Waals surface area (Å²) in [6, 6.07) is 6.89. The van der Waals surface area contributed by atoms with Gasteiger partial charge in [0.25, 0.3) is 0 Å². The summed E-state index contributed by atoms with van der Waals surface area (Å²) in [5.41, 5.74) is 6.59. The zero-order valence-electron chi connectivity index (χ0n) is 10.6. The second-order valence-corrected chi connectivity index (χ2v) is 4.15. The Balaban J connectivity index is 2.62. The van der Waals surface area contributed by atoms with Crippen LogP contribution in [0.2, 0.25) is 0 Å². The van der Waals surface area contributed by atoms with Crippen LogP contribution in [0.3, 0.4) is 0 Å². The van der Waals surface area contributed by atoms with E-state index >= 15 is 0 Å². The first-order chi connectivity index (χ1) is 8.49. The summed E-state index contributed by atoms with van der Waals surface area (Å²) in [5, 5.41) is 10.0. The van der Waals surface area contributed by atoms with Crippen LogP contribution in [0.5, 0.6) is 0 Å². The molecule has 0 atom stereocenters. The minimum atomic E-state index is -0.197. The first-order valence-electron chi connectivity index (χ1n) is 5.56. The predicted molar refractivity (Wildman–Crippen MR) is 73.8 cm³/mol. The number of amidine groups is 1. The summed E-state index contributed by atoms with van der Waals surface area (Å²) in [7, 11) is 3.86. The third kappa shape index (κ3) is 4.80. The maximum absolute atomic E-state index is 11.6. The number of nitrogens with two attached hydrogens (primary N) is 1. The molecule has 0 radical (unpaired) electrons. The second kappa shape index (κ2) is 6.56. The lowest BCUT2D eigenvalue weighted by Crippen LogP contribution is -2.14. The molecule has 0 unspecified atom stereocenters. The van der Waals surface area contributed by atoms with Gasteiger partial charge in [-0.15, -0.1) is 0 Å². The lowest BCUT2D eigenvalue weighted by atomic mass is 10.2. The first-order valence-corrected chi connectivity index (χ1v) is 5.56. The molecule has 0 aliphatic carbocycles. The van der Waals surface area contributed by atoms with E-state index in [9.17, 15) is 4.79 Å². The van der Waals surface area contributed by atoms with E-state index in [0.717, 1.165) is 0 Å². The van der Waals surface area contributed by atoms with E-state index in [4.69, 9.17) is 11.1 Å². The zero-order chi connectivity index (χ0) is 13.5. The van der Waals surface area contributed by atoms with Crippen molar-refractivity contribution in [3.05, 3.63) is 42.0 Å². The fourth-order valence-corrected chi connectivity index (χ4v) is 1.32. The van der Waals surface area contributed by atoms with E-state index in [2.05, 4.69) is 5.32 Å². The summed E-state index contributed by atoms with van der Waals surface area (Å²) in [6.07, 6.45) is 3.27. The van der Waals surface area contributed by atoms with Crippen LogP contribution in [0, 0.1) is 5.41 Å². The molecule has 1 rings (SSSR count). The third-order valence-electron chi connectivity index (χ3n) is 2.18. The number of rotatable bonds is 5. The number of nitrogens with zero attached hydrogens (tertiary/aromatic N) is 1. The lowest BCUT2D eigenvalue weighted by molar-refractivity contribution is -0.111. The van der Waals surface area contributed by atoms with Gasteiger partial charge in [0.15, 0.2) is 0 Å². The molecule has 0 heterocycles. The monoisotopic (exact) mass is 246 g/mol. The number of amides is 1. The minimum absolute atomic E-state index is 0.0192. The highest BCUT2D eigenvalue weighted by Gasteiger charge is 2.00. The van der Waals surface area contributed by atoms with Gasteiger partial charge in [0.05, 0.1) is 0 Å². The molecule has 0 saturated heterocycles. The minimum Gasteiger partial charge on any atom is -0.384 e. The molecule has 4 N–H and O–H groups in total. The van der Waals surface area contributed by atoms with Crippen molar-refractivity contribution in [1.82, 2.24) is 4.90 Å². The summed E-state index contributed by atoms with van der Waals surface area (Å²) >= 11 is 0. The lowest BCUT2D eigenvalue weighted by Gasteiger charge is -2.05. The maximum atomic E-state index is 11.6. The maximum Gasteiger partial charge on any atom is 0.248 e. The fraction of sp³-hybridized carbons (Fsp3) is 0.231. The van der Waals surface area contributed by atoms with Crippen LogP contribution in [0.15, 0.2) is 36.4 Å². The number of anilines is 1. The number of hydrogen-bond acceptors (Lipinski definition) is 3. The van der Waals surface area contributed by atoms with Crippen molar-refractivity contribution in [2.45, 2.75) is 0 Å². The number of carbonyl (C=O) groups excluding carboxylic acids is 1. The average molecular weight is 246 g/mol. The molecule has 0 saturated carbocycles. The van der Waals surface area contributed by atoms with Crippen LogP contribution in [0.1, 0.15) is 5.56 Å². The first kappa shape index (κ1) is 13.9. The van der Waals surface area contributed by atoms with E-state index in [1.54, 1.807) is 30.3 Å². The highest BCUT2D eigenvalue weighted by molar-refractivity contribution is 6.01. The van der Waals surface area contributed by atoms with Crippen molar-refractivity contribution in [2.75, 3.05) is 26.0 Å². The van der Waals surface area contributed by atoms with Crippen molar-refractivity contribution in [3.8, 4) is 0 Å². The quantitative estimate of drug-likeness (QED) is 0.412. The molecule has 1 aromatic rings. The molecule has 5 heteroatoms. The highest BCUT2D eigenvalue weighted by Crippen LogP contribution is 2.09. The van der Waals surface area contributed by atoms with Gasteiger partial charge in [-0.2, -0.15) is 0 Å². The predicted octanol–water partition coefficient (Wildman–Crippen LogP) is 1.03. The van der Waals surface area contributed by atoms with Crippen LogP contribution in [-0.2, 0) is 4.79 Å². The number of hydrogen-bond donors (Lipinski definition) is 3. The normalized spacial score (nSPS) is 10.8. The molecule has 1 aromatic carbocycles. The van der Waals surface area contributed by atoms with Crippen LogP contribution in [0.25, 0.3) is 0 Å². The Morgan fingerprint density at radius 2 is 2.22 bits per heavy atom. The van der Waals surface area contributed by atoms with Crippen molar-refractivity contribution in [2.24, 2.45) is 5.73 Å². The van der Waals surface area contributed by atoms with Gasteiger partial charge >= 0.3 is 0 Å².